The van der Waals surface area contributed by atoms with Crippen LogP contribution in [0.15, 0.2) is 164 Å². The third kappa shape index (κ3) is 4.30. The van der Waals surface area contributed by atoms with Gasteiger partial charge in [-0.25, -0.2) is 9.97 Å². The summed E-state index contributed by atoms with van der Waals surface area (Å²) in [7, 11) is -0.722. The zero-order valence-electron chi connectivity index (χ0n) is 27.5. The lowest BCUT2D eigenvalue weighted by molar-refractivity contribution is 1.18. The van der Waals surface area contributed by atoms with Gasteiger partial charge in [-0.05, 0) is 83.2 Å². The van der Waals surface area contributed by atoms with Crippen molar-refractivity contribution in [3.05, 3.63) is 164 Å². The van der Waals surface area contributed by atoms with Crippen LogP contribution in [0.5, 0.6) is 0 Å². The first-order valence-corrected chi connectivity index (χ1v) is 18.7. The lowest BCUT2D eigenvalue weighted by Gasteiger charge is -2.09. The van der Waals surface area contributed by atoms with Crippen molar-refractivity contribution in [2.45, 2.75) is 0 Å². The molecule has 5 heterocycles. The quantitative estimate of drug-likeness (QED) is 0.177. The maximum atomic E-state index is 5.26. The molecule has 238 valence electrons. The minimum absolute atomic E-state index is 0.722. The zero-order chi connectivity index (χ0) is 33.5. The molecule has 11 rings (SSSR count). The number of benzene rings is 6. The lowest BCUT2D eigenvalue weighted by Crippen LogP contribution is -2.22. The predicted molar refractivity (Wildman–Crippen MR) is 213 cm³/mol. The van der Waals surface area contributed by atoms with Gasteiger partial charge in [-0.15, -0.1) is 0 Å². The van der Waals surface area contributed by atoms with E-state index in [2.05, 4.69) is 173 Å². The number of nitrogens with zero attached hydrogens (tertiary/aromatic N) is 5. The van der Waals surface area contributed by atoms with Crippen LogP contribution in [0.25, 0.3) is 88.9 Å². The Morgan fingerprint density at radius 2 is 0.961 bits per heavy atom. The fourth-order valence-electron chi connectivity index (χ4n) is 8.07. The average Bonchev–Trinajstić information content (AvgIpc) is 3.85. The minimum atomic E-state index is -0.722. The summed E-state index contributed by atoms with van der Waals surface area (Å²) in [5, 5.41) is 7.47. The van der Waals surface area contributed by atoms with E-state index in [1.165, 1.54) is 59.5 Å². The van der Waals surface area contributed by atoms with Gasteiger partial charge in [0.2, 0.25) is 0 Å². The number of fused-ring (bicyclic) bond motifs is 9. The molecule has 0 aliphatic carbocycles. The first kappa shape index (κ1) is 28.2. The van der Waals surface area contributed by atoms with E-state index in [9.17, 15) is 0 Å². The molecule has 1 aliphatic heterocycles. The maximum Gasteiger partial charge on any atom is 0.159 e. The fraction of sp³-hybridized carbons (Fsp3) is 0. The molecule has 0 radical (unpaired) electrons. The summed E-state index contributed by atoms with van der Waals surface area (Å²) in [5.41, 5.74) is 12.4. The van der Waals surface area contributed by atoms with Crippen molar-refractivity contribution in [1.82, 2.24) is 24.1 Å². The van der Waals surface area contributed by atoms with E-state index in [0.717, 1.165) is 39.7 Å². The molecule has 0 fully saturated rings. The third-order valence-corrected chi connectivity index (χ3v) is 12.3. The molecule has 51 heavy (non-hydrogen) atoms. The molecule has 0 unspecified atom stereocenters. The minimum Gasteiger partial charge on any atom is -0.309 e. The Hall–Kier alpha value is -6.63. The highest BCUT2D eigenvalue weighted by Gasteiger charge is 2.24. The zero-order valence-corrected chi connectivity index (χ0v) is 28.9. The van der Waals surface area contributed by atoms with Crippen LogP contribution in [0.1, 0.15) is 0 Å². The SMILES string of the molecule is c1ccc(-n2c3ccccc3c3cc(-c4cc5c(cn4)[SiH2]c4cnc(-c6ccc7c(c6)c6ccccc6n7-c6ccccc6)nc4-5)ccc32)cc1. The van der Waals surface area contributed by atoms with Gasteiger partial charge in [0.15, 0.2) is 5.82 Å². The Balaban J connectivity index is 1.01. The van der Waals surface area contributed by atoms with Gasteiger partial charge in [0.1, 0.15) is 0 Å². The van der Waals surface area contributed by atoms with Crippen molar-refractivity contribution >= 4 is 63.5 Å². The van der Waals surface area contributed by atoms with Crippen LogP contribution < -0.4 is 10.4 Å². The highest BCUT2D eigenvalue weighted by Crippen LogP contribution is 2.37. The van der Waals surface area contributed by atoms with Crippen molar-refractivity contribution in [3.8, 4) is 45.3 Å². The van der Waals surface area contributed by atoms with Crippen molar-refractivity contribution in [2.75, 3.05) is 0 Å². The number of rotatable bonds is 4. The van der Waals surface area contributed by atoms with Crippen LogP contribution in [-0.4, -0.2) is 33.6 Å². The van der Waals surface area contributed by atoms with E-state index < -0.39 is 9.52 Å². The number of hydrogen-bond acceptors (Lipinski definition) is 3. The van der Waals surface area contributed by atoms with Gasteiger partial charge in [-0.1, -0.05) is 78.9 Å². The summed E-state index contributed by atoms with van der Waals surface area (Å²) >= 11 is 0. The molecule has 6 heteroatoms. The smallest absolute Gasteiger partial charge is 0.159 e. The summed E-state index contributed by atoms with van der Waals surface area (Å²) in [6.45, 7) is 0. The van der Waals surface area contributed by atoms with Crippen LogP contribution in [-0.2, 0) is 0 Å². The summed E-state index contributed by atoms with van der Waals surface area (Å²) in [6, 6.07) is 54.0. The third-order valence-electron chi connectivity index (χ3n) is 10.4. The standard InChI is InChI=1S/C45H29N5Si/c1-3-11-30(12-4-1)49-38-17-9-7-15-32(38)34-23-28(19-21-40(34)49)37-25-36-42(26-46-37)51-43-27-47-45(48-44(36)43)29-20-22-41-35(24-29)33-16-8-10-18-39(33)50(41)31-13-5-2-6-14-31/h1-27H,51H2. The van der Waals surface area contributed by atoms with Gasteiger partial charge in [0.05, 0.1) is 43.0 Å². The molecule has 10 aromatic rings. The van der Waals surface area contributed by atoms with Crippen LogP contribution in [0.4, 0.5) is 0 Å². The normalized spacial score (nSPS) is 12.7. The van der Waals surface area contributed by atoms with Gasteiger partial charge in [-0.2, -0.15) is 0 Å². The molecule has 1 aliphatic rings. The van der Waals surface area contributed by atoms with E-state index in [-0.39, 0.29) is 0 Å². The number of aromatic nitrogens is 5. The average molecular weight is 668 g/mol. The maximum absolute atomic E-state index is 5.26. The first-order chi connectivity index (χ1) is 25.3. The van der Waals surface area contributed by atoms with Gasteiger partial charge in [0.25, 0.3) is 0 Å². The van der Waals surface area contributed by atoms with Crippen molar-refractivity contribution < 1.29 is 0 Å². The molecule has 6 aromatic carbocycles. The van der Waals surface area contributed by atoms with Crippen LogP contribution in [0.2, 0.25) is 0 Å². The topological polar surface area (TPSA) is 48.5 Å². The number of hydrogen-bond donors (Lipinski definition) is 0. The van der Waals surface area contributed by atoms with Crippen molar-refractivity contribution in [1.29, 1.82) is 0 Å². The fourth-order valence-corrected chi connectivity index (χ4v) is 9.74. The van der Waals surface area contributed by atoms with E-state index in [1.807, 2.05) is 0 Å². The number of pyridine rings is 1. The van der Waals surface area contributed by atoms with Gasteiger partial charge >= 0.3 is 0 Å². The molecule has 4 aromatic heterocycles. The Kier molecular flexibility index (Phi) is 6.05. The summed E-state index contributed by atoms with van der Waals surface area (Å²) in [5.74, 6) is 0.752. The molecular weight excluding hydrogens is 639 g/mol. The predicted octanol–water partition coefficient (Wildman–Crippen LogP) is 8.50. The first-order valence-electron chi connectivity index (χ1n) is 17.3. The summed E-state index contributed by atoms with van der Waals surface area (Å²) < 4.78 is 4.69. The Bertz CT molecular complexity index is 2790. The second-order valence-corrected chi connectivity index (χ2v) is 15.2. The van der Waals surface area contributed by atoms with E-state index >= 15 is 0 Å². The molecule has 0 spiro atoms. The molecule has 5 nitrogen and oxygen atoms in total. The highest BCUT2D eigenvalue weighted by molar-refractivity contribution is 6.73. The van der Waals surface area contributed by atoms with Crippen LogP contribution in [0, 0.1) is 0 Å². The second-order valence-electron chi connectivity index (χ2n) is 13.3. The molecule has 0 saturated heterocycles. The molecule has 0 amide bonds. The molecular formula is C45H29N5Si. The van der Waals surface area contributed by atoms with Gasteiger partial charge in [-0.3, -0.25) is 4.98 Å². The molecule has 0 bridgehead atoms. The van der Waals surface area contributed by atoms with E-state index in [4.69, 9.17) is 15.0 Å². The van der Waals surface area contributed by atoms with Crippen molar-refractivity contribution in [3.63, 3.8) is 0 Å². The number of para-hydroxylation sites is 4. The van der Waals surface area contributed by atoms with Crippen LogP contribution in [0.3, 0.4) is 0 Å². The summed E-state index contributed by atoms with van der Waals surface area (Å²) in [4.78, 5) is 15.2. The second kappa shape index (κ2) is 10.9. The van der Waals surface area contributed by atoms with Crippen LogP contribution >= 0.6 is 0 Å². The lowest BCUT2D eigenvalue weighted by atomic mass is 10.0. The van der Waals surface area contributed by atoms with Crippen molar-refractivity contribution in [2.24, 2.45) is 0 Å². The van der Waals surface area contributed by atoms with Gasteiger partial charge < -0.3 is 9.13 Å². The summed E-state index contributed by atoms with van der Waals surface area (Å²) in [6.07, 6.45) is 4.14. The largest absolute Gasteiger partial charge is 0.309 e. The Labute approximate surface area is 296 Å². The van der Waals surface area contributed by atoms with E-state index in [0.29, 0.717) is 0 Å². The van der Waals surface area contributed by atoms with E-state index in [1.54, 1.807) is 0 Å². The monoisotopic (exact) mass is 667 g/mol. The Morgan fingerprint density at radius 3 is 1.61 bits per heavy atom. The molecule has 0 atom stereocenters. The van der Waals surface area contributed by atoms with Gasteiger partial charge in [0, 0.05) is 62.0 Å². The molecule has 0 N–H and O–H groups in total. The highest BCUT2D eigenvalue weighted by atomic mass is 28.2. The Morgan fingerprint density at radius 1 is 0.431 bits per heavy atom. The molecule has 0 saturated carbocycles.